The zero-order valence-corrected chi connectivity index (χ0v) is 11.0. The van der Waals surface area contributed by atoms with Gasteiger partial charge < -0.3 is 0 Å². The highest BCUT2D eigenvalue weighted by molar-refractivity contribution is 7.12. The minimum absolute atomic E-state index is 0.105. The van der Waals surface area contributed by atoms with Gasteiger partial charge in [-0.2, -0.15) is 5.10 Å². The summed E-state index contributed by atoms with van der Waals surface area (Å²) >= 11 is 7.50. The van der Waals surface area contributed by atoms with Crippen molar-refractivity contribution < 1.29 is 0 Å². The molecule has 6 heteroatoms. The van der Waals surface area contributed by atoms with Crippen molar-refractivity contribution in [3.05, 3.63) is 50.7 Å². The van der Waals surface area contributed by atoms with E-state index < -0.39 is 0 Å². The summed E-state index contributed by atoms with van der Waals surface area (Å²) in [5.41, 5.74) is 1.42. The number of hydrogen-bond donors (Lipinski definition) is 0. The van der Waals surface area contributed by atoms with Gasteiger partial charge in [-0.15, -0.1) is 11.3 Å². The molecule has 0 bridgehead atoms. The Balaban J connectivity index is 2.49. The molecule has 0 unspecified atom stereocenters. The first-order valence-corrected chi connectivity index (χ1v) is 6.50. The van der Waals surface area contributed by atoms with Gasteiger partial charge in [0.05, 0.1) is 17.1 Å². The second-order valence-corrected chi connectivity index (χ2v) is 5.16. The first-order chi connectivity index (χ1) is 8.66. The fourth-order valence-electron chi connectivity index (χ4n) is 1.92. The molecule has 0 atom stereocenters. The monoisotopic (exact) mass is 277 g/mol. The summed E-state index contributed by atoms with van der Waals surface area (Å²) in [5, 5.41) is 7.90. The molecule has 0 saturated heterocycles. The topological polar surface area (TPSA) is 47.8 Å². The minimum atomic E-state index is -0.105. The van der Waals surface area contributed by atoms with Gasteiger partial charge in [0.15, 0.2) is 0 Å². The normalized spacial score (nSPS) is 11.0. The summed E-state index contributed by atoms with van der Waals surface area (Å²) in [7, 11) is 0. The van der Waals surface area contributed by atoms with Crippen LogP contribution in [0.15, 0.2) is 34.7 Å². The molecule has 0 aliphatic carbocycles. The Morgan fingerprint density at radius 3 is 2.94 bits per heavy atom. The molecule has 0 fully saturated rings. The minimum Gasteiger partial charge on any atom is -0.287 e. The summed E-state index contributed by atoms with van der Waals surface area (Å²) in [6.07, 6.45) is 3.01. The Bertz CT molecular complexity index is 780. The molecule has 2 heterocycles. The number of benzene rings is 1. The van der Waals surface area contributed by atoms with Crippen molar-refractivity contribution in [3.8, 4) is 5.13 Å². The van der Waals surface area contributed by atoms with E-state index in [4.69, 9.17) is 11.6 Å². The average molecular weight is 278 g/mol. The SMILES string of the molecule is Cc1cc(Cl)cc2c1c(=O)cnn2-c1nccs1. The molecular formula is C12H8ClN3OS. The fourth-order valence-corrected chi connectivity index (χ4v) is 2.80. The molecule has 2 aromatic heterocycles. The highest BCUT2D eigenvalue weighted by Crippen LogP contribution is 2.23. The van der Waals surface area contributed by atoms with Crippen LogP contribution in [0.2, 0.25) is 5.02 Å². The third kappa shape index (κ3) is 1.72. The van der Waals surface area contributed by atoms with Gasteiger partial charge in [0.25, 0.3) is 0 Å². The predicted molar refractivity (Wildman–Crippen MR) is 72.8 cm³/mol. The van der Waals surface area contributed by atoms with Gasteiger partial charge in [0, 0.05) is 16.6 Å². The van der Waals surface area contributed by atoms with E-state index in [1.807, 2.05) is 12.3 Å². The summed E-state index contributed by atoms with van der Waals surface area (Å²) in [6, 6.07) is 3.51. The lowest BCUT2D eigenvalue weighted by atomic mass is 10.1. The molecule has 18 heavy (non-hydrogen) atoms. The van der Waals surface area contributed by atoms with Crippen LogP contribution in [0.4, 0.5) is 0 Å². The van der Waals surface area contributed by atoms with E-state index in [-0.39, 0.29) is 5.43 Å². The Hall–Kier alpha value is -1.72. The van der Waals surface area contributed by atoms with Crippen LogP contribution >= 0.6 is 22.9 Å². The smallest absolute Gasteiger partial charge is 0.210 e. The molecular weight excluding hydrogens is 270 g/mol. The maximum Gasteiger partial charge on any atom is 0.210 e. The van der Waals surface area contributed by atoms with Crippen molar-refractivity contribution in [1.29, 1.82) is 0 Å². The third-order valence-corrected chi connectivity index (χ3v) is 3.61. The molecule has 1 aromatic carbocycles. The highest BCUT2D eigenvalue weighted by Gasteiger charge is 2.10. The lowest BCUT2D eigenvalue weighted by Gasteiger charge is -2.08. The quantitative estimate of drug-likeness (QED) is 0.687. The maximum absolute atomic E-state index is 11.9. The number of nitrogens with zero attached hydrogens (tertiary/aromatic N) is 3. The summed E-state index contributed by atoms with van der Waals surface area (Å²) in [5.74, 6) is 0. The van der Waals surface area contributed by atoms with Crippen LogP contribution < -0.4 is 5.43 Å². The number of aromatic nitrogens is 3. The highest BCUT2D eigenvalue weighted by atomic mass is 35.5. The van der Waals surface area contributed by atoms with Gasteiger partial charge in [-0.1, -0.05) is 11.6 Å². The molecule has 0 radical (unpaired) electrons. The standard InChI is InChI=1S/C12H8ClN3OS/c1-7-4-8(13)5-9-11(7)10(17)6-15-16(9)12-14-2-3-18-12/h2-6H,1H3. The zero-order chi connectivity index (χ0) is 12.7. The molecule has 4 nitrogen and oxygen atoms in total. The maximum atomic E-state index is 11.9. The fraction of sp³-hybridized carbons (Fsp3) is 0.0833. The Morgan fingerprint density at radius 2 is 2.22 bits per heavy atom. The van der Waals surface area contributed by atoms with Crippen LogP contribution in [0, 0.1) is 6.92 Å². The predicted octanol–water partition coefficient (Wildman–Crippen LogP) is 2.80. The number of aryl methyl sites for hydroxylation is 1. The van der Waals surface area contributed by atoms with Crippen LogP contribution in [0.1, 0.15) is 5.56 Å². The van der Waals surface area contributed by atoms with E-state index in [0.29, 0.717) is 21.1 Å². The van der Waals surface area contributed by atoms with Gasteiger partial charge in [-0.25, -0.2) is 9.67 Å². The zero-order valence-electron chi connectivity index (χ0n) is 9.42. The number of thiazole rings is 1. The molecule has 3 rings (SSSR count). The van der Waals surface area contributed by atoms with Gasteiger partial charge in [-0.3, -0.25) is 4.79 Å². The van der Waals surface area contributed by atoms with Crippen molar-refractivity contribution >= 4 is 33.8 Å². The summed E-state index contributed by atoms with van der Waals surface area (Å²) in [6.45, 7) is 1.86. The van der Waals surface area contributed by atoms with E-state index >= 15 is 0 Å². The van der Waals surface area contributed by atoms with Crippen LogP contribution in [0.3, 0.4) is 0 Å². The molecule has 0 saturated carbocycles. The van der Waals surface area contributed by atoms with Crippen molar-refractivity contribution in [2.45, 2.75) is 6.92 Å². The number of hydrogen-bond acceptors (Lipinski definition) is 4. The van der Waals surface area contributed by atoms with Gasteiger partial charge in [0.2, 0.25) is 10.6 Å². The van der Waals surface area contributed by atoms with Crippen molar-refractivity contribution in [1.82, 2.24) is 14.8 Å². The first-order valence-electron chi connectivity index (χ1n) is 5.25. The average Bonchev–Trinajstić information content (AvgIpc) is 2.81. The number of fused-ring (bicyclic) bond motifs is 1. The van der Waals surface area contributed by atoms with Crippen molar-refractivity contribution in [2.24, 2.45) is 0 Å². The van der Waals surface area contributed by atoms with Crippen molar-refractivity contribution in [2.75, 3.05) is 0 Å². The van der Waals surface area contributed by atoms with Crippen LogP contribution in [0.25, 0.3) is 16.0 Å². The van der Waals surface area contributed by atoms with Gasteiger partial charge in [0.1, 0.15) is 0 Å². The van der Waals surface area contributed by atoms with Gasteiger partial charge >= 0.3 is 0 Å². The number of rotatable bonds is 1. The molecule has 0 aliphatic rings. The summed E-state index contributed by atoms with van der Waals surface area (Å²) in [4.78, 5) is 16.1. The van der Waals surface area contributed by atoms with E-state index in [2.05, 4.69) is 10.1 Å². The summed E-state index contributed by atoms with van der Waals surface area (Å²) < 4.78 is 1.64. The van der Waals surface area contributed by atoms with E-state index in [1.54, 1.807) is 23.0 Å². The Labute approximate surface area is 111 Å². The van der Waals surface area contributed by atoms with E-state index in [9.17, 15) is 4.79 Å². The molecule has 0 aliphatic heterocycles. The lowest BCUT2D eigenvalue weighted by Crippen LogP contribution is -2.11. The van der Waals surface area contributed by atoms with Gasteiger partial charge in [-0.05, 0) is 24.6 Å². The Morgan fingerprint density at radius 1 is 1.39 bits per heavy atom. The van der Waals surface area contributed by atoms with E-state index in [0.717, 1.165) is 5.56 Å². The van der Waals surface area contributed by atoms with Crippen molar-refractivity contribution in [3.63, 3.8) is 0 Å². The Kier molecular flexibility index (Phi) is 2.65. The molecule has 0 amide bonds. The second kappa shape index (κ2) is 4.19. The van der Waals surface area contributed by atoms with Crippen LogP contribution in [-0.4, -0.2) is 14.8 Å². The third-order valence-electron chi connectivity index (χ3n) is 2.64. The second-order valence-electron chi connectivity index (χ2n) is 3.85. The number of halogens is 1. The molecule has 3 aromatic rings. The van der Waals surface area contributed by atoms with Crippen LogP contribution in [0.5, 0.6) is 0 Å². The van der Waals surface area contributed by atoms with E-state index in [1.165, 1.54) is 17.5 Å². The molecule has 0 N–H and O–H groups in total. The molecule has 0 spiro atoms. The lowest BCUT2D eigenvalue weighted by molar-refractivity contribution is 0.868. The first kappa shape index (κ1) is 11.4. The molecule has 90 valence electrons. The van der Waals surface area contributed by atoms with Crippen LogP contribution in [-0.2, 0) is 0 Å². The largest absolute Gasteiger partial charge is 0.287 e.